The number of carbonyl (C=O) groups excluding carboxylic acids is 2. The van der Waals surface area contributed by atoms with Gasteiger partial charge in [0.2, 0.25) is 0 Å². The van der Waals surface area contributed by atoms with Crippen LogP contribution in [0.1, 0.15) is 10.4 Å². The lowest BCUT2D eigenvalue weighted by atomic mass is 10.2. The number of carbonyl (C=O) groups is 2. The Labute approximate surface area is 145 Å². The molecule has 0 saturated carbocycles. The minimum Gasteiger partial charge on any atom is -0.497 e. The van der Waals surface area contributed by atoms with Crippen LogP contribution in [0.2, 0.25) is 0 Å². The first-order chi connectivity index (χ1) is 12.1. The summed E-state index contributed by atoms with van der Waals surface area (Å²) in [5, 5.41) is 2.62. The predicted octanol–water partition coefficient (Wildman–Crippen LogP) is 2.51. The van der Waals surface area contributed by atoms with Crippen molar-refractivity contribution in [2.75, 3.05) is 33.3 Å². The molecule has 0 radical (unpaired) electrons. The van der Waals surface area contributed by atoms with Gasteiger partial charge in [0, 0.05) is 23.9 Å². The molecule has 132 valence electrons. The van der Waals surface area contributed by atoms with Gasteiger partial charge in [0.05, 0.1) is 21.3 Å². The molecule has 7 heteroatoms. The molecular formula is C18H19NO6. The fourth-order valence-electron chi connectivity index (χ4n) is 2.10. The van der Waals surface area contributed by atoms with Crippen molar-refractivity contribution < 1.29 is 28.5 Å². The lowest BCUT2D eigenvalue weighted by Crippen LogP contribution is -2.21. The Morgan fingerprint density at radius 3 is 2.16 bits per heavy atom. The molecular weight excluding hydrogens is 326 g/mol. The fourth-order valence-corrected chi connectivity index (χ4v) is 2.10. The van der Waals surface area contributed by atoms with E-state index in [4.69, 9.17) is 18.9 Å². The zero-order chi connectivity index (χ0) is 18.2. The maximum absolute atomic E-state index is 12.1. The van der Waals surface area contributed by atoms with E-state index in [2.05, 4.69) is 5.32 Å². The molecule has 1 amide bonds. The minimum atomic E-state index is -0.643. The Morgan fingerprint density at radius 2 is 1.56 bits per heavy atom. The van der Waals surface area contributed by atoms with Crippen molar-refractivity contribution in [1.82, 2.24) is 0 Å². The Balaban J connectivity index is 1.98. The van der Waals surface area contributed by atoms with Crippen LogP contribution in [-0.2, 0) is 9.53 Å². The van der Waals surface area contributed by atoms with Gasteiger partial charge in [-0.2, -0.15) is 0 Å². The first-order valence-electron chi connectivity index (χ1n) is 7.40. The largest absolute Gasteiger partial charge is 0.497 e. The zero-order valence-corrected chi connectivity index (χ0v) is 14.2. The molecule has 25 heavy (non-hydrogen) atoms. The van der Waals surface area contributed by atoms with Crippen molar-refractivity contribution in [2.24, 2.45) is 0 Å². The molecule has 7 nitrogen and oxygen atoms in total. The summed E-state index contributed by atoms with van der Waals surface area (Å²) in [6.07, 6.45) is 0. The lowest BCUT2D eigenvalue weighted by Gasteiger charge is -2.11. The van der Waals surface area contributed by atoms with Gasteiger partial charge in [0.1, 0.15) is 22.8 Å². The molecule has 1 N–H and O–H groups in total. The summed E-state index contributed by atoms with van der Waals surface area (Å²) in [6.45, 7) is -0.434. The quantitative estimate of drug-likeness (QED) is 0.777. The van der Waals surface area contributed by atoms with Gasteiger partial charge in [-0.25, -0.2) is 4.79 Å². The predicted molar refractivity (Wildman–Crippen MR) is 91.5 cm³/mol. The number of ether oxygens (including phenoxy) is 4. The topological polar surface area (TPSA) is 83.1 Å². The van der Waals surface area contributed by atoms with E-state index in [1.54, 1.807) is 42.5 Å². The van der Waals surface area contributed by atoms with Gasteiger partial charge < -0.3 is 24.3 Å². The van der Waals surface area contributed by atoms with Crippen molar-refractivity contribution in [2.45, 2.75) is 0 Å². The van der Waals surface area contributed by atoms with Crippen LogP contribution in [0.4, 0.5) is 5.69 Å². The molecule has 0 aliphatic carbocycles. The first-order valence-corrected chi connectivity index (χ1v) is 7.40. The molecule has 0 spiro atoms. The third-order valence-electron chi connectivity index (χ3n) is 3.30. The molecule has 0 aliphatic rings. The fraction of sp³-hybridized carbons (Fsp3) is 0.222. The van der Waals surface area contributed by atoms with Gasteiger partial charge in [-0.1, -0.05) is 12.1 Å². The monoisotopic (exact) mass is 345 g/mol. The highest BCUT2D eigenvalue weighted by atomic mass is 16.5. The van der Waals surface area contributed by atoms with Crippen LogP contribution >= 0.6 is 0 Å². The summed E-state index contributed by atoms with van der Waals surface area (Å²) in [6, 6.07) is 11.5. The van der Waals surface area contributed by atoms with Crippen LogP contribution in [0, 0.1) is 0 Å². The van der Waals surface area contributed by atoms with E-state index in [0.29, 0.717) is 22.9 Å². The number of hydrogen-bond acceptors (Lipinski definition) is 6. The van der Waals surface area contributed by atoms with Crippen molar-refractivity contribution in [3.05, 3.63) is 48.0 Å². The molecule has 0 fully saturated rings. The average molecular weight is 345 g/mol. The van der Waals surface area contributed by atoms with E-state index in [0.717, 1.165) is 0 Å². The molecule has 0 aliphatic heterocycles. The van der Waals surface area contributed by atoms with Crippen LogP contribution in [0.5, 0.6) is 17.2 Å². The number of amides is 1. The van der Waals surface area contributed by atoms with Crippen molar-refractivity contribution in [3.8, 4) is 17.2 Å². The number of rotatable bonds is 7. The van der Waals surface area contributed by atoms with Crippen molar-refractivity contribution in [1.29, 1.82) is 0 Å². The molecule has 2 aromatic rings. The third-order valence-corrected chi connectivity index (χ3v) is 3.30. The van der Waals surface area contributed by atoms with Gasteiger partial charge >= 0.3 is 5.97 Å². The Hall–Kier alpha value is -3.22. The van der Waals surface area contributed by atoms with E-state index in [1.165, 1.54) is 21.3 Å². The second kappa shape index (κ2) is 8.58. The Morgan fingerprint density at radius 1 is 0.920 bits per heavy atom. The van der Waals surface area contributed by atoms with Crippen molar-refractivity contribution >= 4 is 17.6 Å². The number of para-hydroxylation sites is 1. The number of hydrogen-bond donors (Lipinski definition) is 1. The number of methoxy groups -OCH3 is 3. The van der Waals surface area contributed by atoms with Crippen LogP contribution < -0.4 is 19.5 Å². The number of anilines is 1. The summed E-state index contributed by atoms with van der Waals surface area (Å²) in [5.41, 5.74) is 0.718. The second-order valence-electron chi connectivity index (χ2n) is 4.93. The standard InChI is InChI=1S/C18H19NO6/c1-22-13-8-12(9-14(10-13)23-2)19-17(20)11-25-18(21)15-6-4-5-7-16(15)24-3/h4-10H,11H2,1-3H3,(H,19,20). The smallest absolute Gasteiger partial charge is 0.342 e. The molecule has 0 saturated heterocycles. The molecule has 2 aromatic carbocycles. The number of nitrogens with one attached hydrogen (secondary N) is 1. The summed E-state index contributed by atoms with van der Waals surface area (Å²) in [7, 11) is 4.47. The molecule has 0 unspecified atom stereocenters. The van der Waals surface area contributed by atoms with Gasteiger partial charge in [-0.15, -0.1) is 0 Å². The van der Waals surface area contributed by atoms with Gasteiger partial charge in [-0.05, 0) is 12.1 Å². The van der Waals surface area contributed by atoms with Crippen molar-refractivity contribution in [3.63, 3.8) is 0 Å². The number of esters is 1. The molecule has 0 heterocycles. The zero-order valence-electron chi connectivity index (χ0n) is 14.2. The lowest BCUT2D eigenvalue weighted by molar-refractivity contribution is -0.119. The van der Waals surface area contributed by atoms with Gasteiger partial charge in [0.25, 0.3) is 5.91 Å². The van der Waals surface area contributed by atoms with Gasteiger partial charge in [-0.3, -0.25) is 4.79 Å². The summed E-state index contributed by atoms with van der Waals surface area (Å²) in [5.74, 6) is 0.307. The van der Waals surface area contributed by atoms with Crippen LogP contribution in [0.15, 0.2) is 42.5 Å². The maximum Gasteiger partial charge on any atom is 0.342 e. The highest BCUT2D eigenvalue weighted by Crippen LogP contribution is 2.25. The van der Waals surface area contributed by atoms with E-state index < -0.39 is 18.5 Å². The Bertz CT molecular complexity index is 737. The average Bonchev–Trinajstić information content (AvgIpc) is 2.65. The summed E-state index contributed by atoms with van der Waals surface area (Å²) in [4.78, 5) is 24.1. The third kappa shape index (κ3) is 4.87. The van der Waals surface area contributed by atoms with Crippen LogP contribution in [-0.4, -0.2) is 39.8 Å². The van der Waals surface area contributed by atoms with Crippen LogP contribution in [0.25, 0.3) is 0 Å². The number of benzene rings is 2. The maximum atomic E-state index is 12.1. The molecule has 0 bridgehead atoms. The highest BCUT2D eigenvalue weighted by molar-refractivity contribution is 5.97. The molecule has 2 rings (SSSR count). The molecule has 0 aromatic heterocycles. The SMILES string of the molecule is COc1cc(NC(=O)COC(=O)c2ccccc2OC)cc(OC)c1. The van der Waals surface area contributed by atoms with E-state index in [9.17, 15) is 9.59 Å². The van der Waals surface area contributed by atoms with E-state index in [1.807, 2.05) is 0 Å². The van der Waals surface area contributed by atoms with Gasteiger partial charge in [0.15, 0.2) is 6.61 Å². The molecule has 0 atom stereocenters. The second-order valence-corrected chi connectivity index (χ2v) is 4.93. The highest BCUT2D eigenvalue weighted by Gasteiger charge is 2.15. The Kier molecular flexibility index (Phi) is 6.22. The first kappa shape index (κ1) is 18.1. The normalized spacial score (nSPS) is 9.88. The minimum absolute atomic E-state index is 0.251. The van der Waals surface area contributed by atoms with E-state index in [-0.39, 0.29) is 5.56 Å². The summed E-state index contributed by atoms with van der Waals surface area (Å²) < 4.78 is 20.4. The summed E-state index contributed by atoms with van der Waals surface area (Å²) >= 11 is 0. The van der Waals surface area contributed by atoms with E-state index >= 15 is 0 Å². The van der Waals surface area contributed by atoms with Crippen LogP contribution in [0.3, 0.4) is 0 Å².